The number of likely N-dealkylation sites (N-methyl/N-ethyl adjacent to an activating group) is 1. The number of primary amides is 1. The summed E-state index contributed by atoms with van der Waals surface area (Å²) in [5.74, 6) is -1.48. The third-order valence-electron chi connectivity index (χ3n) is 6.92. The predicted molar refractivity (Wildman–Crippen MR) is 149 cm³/mol. The number of hydrogen-bond donors (Lipinski definition) is 3. The maximum absolute atomic E-state index is 13.1. The second-order valence-corrected chi connectivity index (χ2v) is 10.4. The number of rotatable bonds is 13. The average Bonchev–Trinajstić information content (AvgIpc) is 2.89. The second kappa shape index (κ2) is 15.3. The Morgan fingerprint density at radius 2 is 1.95 bits per heavy atom. The molecule has 0 aromatic heterocycles. The van der Waals surface area contributed by atoms with E-state index in [0.29, 0.717) is 25.8 Å². The zero-order valence-corrected chi connectivity index (χ0v) is 23.5. The van der Waals surface area contributed by atoms with Gasteiger partial charge in [0.1, 0.15) is 18.1 Å². The van der Waals surface area contributed by atoms with E-state index in [1.807, 2.05) is 13.8 Å². The minimum atomic E-state index is -0.823. The largest absolute Gasteiger partial charge is 0.368 e. The highest BCUT2D eigenvalue weighted by Gasteiger charge is 2.33. The summed E-state index contributed by atoms with van der Waals surface area (Å²) in [5.41, 5.74) is 10.7. The van der Waals surface area contributed by atoms with Gasteiger partial charge in [-0.25, -0.2) is 5.43 Å². The van der Waals surface area contributed by atoms with Gasteiger partial charge in [0.15, 0.2) is 0 Å². The van der Waals surface area contributed by atoms with Crippen LogP contribution in [-0.4, -0.2) is 65.3 Å². The van der Waals surface area contributed by atoms with Gasteiger partial charge in [0.25, 0.3) is 5.91 Å². The Balaban J connectivity index is 1.83. The number of carbonyl (C=O) groups is 4. The third-order valence-corrected chi connectivity index (χ3v) is 6.92. The Kier molecular flexibility index (Phi) is 12.5. The quantitative estimate of drug-likeness (QED) is 0.340. The van der Waals surface area contributed by atoms with E-state index in [9.17, 15) is 19.2 Å². The topological polar surface area (TPSA) is 125 Å². The molecule has 1 heterocycles. The lowest BCUT2D eigenvalue weighted by Gasteiger charge is -2.35. The molecule has 1 aliphatic heterocycles. The number of carbonyl (C=O) groups excluding carboxylic acids is 4. The number of nitrogens with one attached hydrogen (secondary N) is 2. The number of nitrogens with two attached hydrogens (primary N) is 1. The molecule has 210 valence electrons. The van der Waals surface area contributed by atoms with Crippen LogP contribution >= 0.6 is 0 Å². The highest BCUT2D eigenvalue weighted by molar-refractivity contribution is 5.92. The summed E-state index contributed by atoms with van der Waals surface area (Å²) < 4.78 is 0. The van der Waals surface area contributed by atoms with Crippen LogP contribution in [0.5, 0.6) is 0 Å². The van der Waals surface area contributed by atoms with Crippen molar-refractivity contribution in [3.05, 3.63) is 41.5 Å². The lowest BCUT2D eigenvalue weighted by molar-refractivity contribution is -0.145. The van der Waals surface area contributed by atoms with Crippen molar-refractivity contribution < 1.29 is 19.2 Å². The van der Waals surface area contributed by atoms with Gasteiger partial charge in [-0.2, -0.15) is 0 Å². The van der Waals surface area contributed by atoms with Crippen LogP contribution in [0.15, 0.2) is 30.3 Å². The molecule has 2 rings (SSSR count). The van der Waals surface area contributed by atoms with E-state index in [1.54, 1.807) is 14.0 Å². The monoisotopic (exact) mass is 527 g/mol. The molecule has 3 atom stereocenters. The highest BCUT2D eigenvalue weighted by atomic mass is 16.2. The number of nitrogens with zero attached hydrogens (tertiary/aromatic N) is 2. The summed E-state index contributed by atoms with van der Waals surface area (Å²) in [6.07, 6.45) is 9.29. The molecule has 1 saturated heterocycles. The minimum Gasteiger partial charge on any atom is -0.368 e. The van der Waals surface area contributed by atoms with Crippen molar-refractivity contribution in [2.24, 2.45) is 11.7 Å². The fourth-order valence-corrected chi connectivity index (χ4v) is 4.68. The van der Waals surface area contributed by atoms with Crippen LogP contribution in [0.3, 0.4) is 0 Å². The maximum Gasteiger partial charge on any atom is 0.258 e. The molecule has 0 radical (unpaired) electrons. The van der Waals surface area contributed by atoms with Crippen LogP contribution in [0, 0.1) is 5.92 Å². The number of benzene rings is 1. The van der Waals surface area contributed by atoms with Crippen molar-refractivity contribution in [1.82, 2.24) is 20.7 Å². The molecule has 0 spiro atoms. The first-order chi connectivity index (χ1) is 18.0. The van der Waals surface area contributed by atoms with Gasteiger partial charge in [-0.1, -0.05) is 57.2 Å². The molecule has 0 bridgehead atoms. The zero-order valence-electron chi connectivity index (χ0n) is 23.5. The van der Waals surface area contributed by atoms with Crippen LogP contribution in [0.4, 0.5) is 0 Å². The van der Waals surface area contributed by atoms with Crippen molar-refractivity contribution in [2.75, 3.05) is 13.6 Å². The summed E-state index contributed by atoms with van der Waals surface area (Å²) in [4.78, 5) is 51.8. The molecule has 4 amide bonds. The van der Waals surface area contributed by atoms with E-state index in [-0.39, 0.29) is 23.6 Å². The summed E-state index contributed by atoms with van der Waals surface area (Å²) in [7, 11) is 1.64. The fraction of sp³-hybridized carbons (Fsp3) is 0.586. The summed E-state index contributed by atoms with van der Waals surface area (Å²) >= 11 is 0. The van der Waals surface area contributed by atoms with Crippen LogP contribution < -0.4 is 16.5 Å². The lowest BCUT2D eigenvalue weighted by atomic mass is 10.0. The van der Waals surface area contributed by atoms with Gasteiger partial charge < -0.3 is 16.0 Å². The third kappa shape index (κ3) is 9.28. The Morgan fingerprint density at radius 1 is 1.21 bits per heavy atom. The number of allylic oxidation sites excluding steroid dienone is 1. The van der Waals surface area contributed by atoms with Gasteiger partial charge in [0, 0.05) is 20.0 Å². The van der Waals surface area contributed by atoms with Crippen LogP contribution in [0.25, 0.3) is 6.08 Å². The first-order valence-electron chi connectivity index (χ1n) is 13.7. The Hall–Kier alpha value is -3.20. The molecular formula is C29H45N5O4. The van der Waals surface area contributed by atoms with Gasteiger partial charge >= 0.3 is 0 Å². The SMILES string of the molecule is CCc1cccc(/C=C/CCCCC(=O)N(C)C(C(=O)N[C@@H](C)C(=O)N2CCC[C@@H](C(N)=O)N2)C(C)C)c1. The molecular weight excluding hydrogens is 482 g/mol. The lowest BCUT2D eigenvalue weighted by Crippen LogP contribution is -2.61. The number of unbranched alkanes of at least 4 members (excludes halogenated alkanes) is 2. The Bertz CT molecular complexity index is 993. The van der Waals surface area contributed by atoms with Crippen molar-refractivity contribution in [3.63, 3.8) is 0 Å². The smallest absolute Gasteiger partial charge is 0.258 e. The zero-order chi connectivity index (χ0) is 28.2. The molecule has 1 fully saturated rings. The number of amides is 4. The van der Waals surface area contributed by atoms with Crippen LogP contribution in [0.1, 0.15) is 77.3 Å². The van der Waals surface area contributed by atoms with Crippen molar-refractivity contribution >= 4 is 29.7 Å². The van der Waals surface area contributed by atoms with Gasteiger partial charge in [-0.05, 0) is 62.5 Å². The van der Waals surface area contributed by atoms with Crippen LogP contribution in [-0.2, 0) is 25.6 Å². The number of hydrogen-bond acceptors (Lipinski definition) is 5. The maximum atomic E-state index is 13.1. The summed E-state index contributed by atoms with van der Waals surface area (Å²) in [6, 6.07) is 6.32. The van der Waals surface area contributed by atoms with E-state index in [2.05, 4.69) is 54.1 Å². The molecule has 1 aromatic carbocycles. The first kappa shape index (κ1) is 31.0. The van der Waals surface area contributed by atoms with E-state index in [0.717, 1.165) is 25.7 Å². The standard InChI is InChI=1S/C29H45N5O4/c1-6-22-14-11-15-23(19-22)13-9-7-8-10-17-25(35)33(5)26(20(2)3)28(37)31-21(4)29(38)34-18-12-16-24(32-34)27(30)36/h9,11,13-15,19-21,24,26,32H,6-8,10,12,16-18H2,1-5H3,(H2,30,36)(H,31,37)/b13-9+/t21-,24-,26?/m0/s1. The minimum absolute atomic E-state index is 0.0977. The van der Waals surface area contributed by atoms with E-state index < -0.39 is 24.0 Å². The van der Waals surface area contributed by atoms with Crippen molar-refractivity contribution in [3.8, 4) is 0 Å². The molecule has 1 aliphatic rings. The van der Waals surface area contributed by atoms with Gasteiger partial charge in [0.2, 0.25) is 17.7 Å². The van der Waals surface area contributed by atoms with Gasteiger partial charge in [-0.3, -0.25) is 24.2 Å². The number of hydrazine groups is 1. The molecule has 9 nitrogen and oxygen atoms in total. The number of aryl methyl sites for hydroxylation is 1. The molecule has 0 aliphatic carbocycles. The molecule has 1 aromatic rings. The second-order valence-electron chi connectivity index (χ2n) is 10.4. The Labute approximate surface area is 227 Å². The van der Waals surface area contributed by atoms with Gasteiger partial charge in [-0.15, -0.1) is 0 Å². The normalized spacial score (nSPS) is 17.3. The average molecular weight is 528 g/mol. The van der Waals surface area contributed by atoms with Crippen molar-refractivity contribution in [2.45, 2.75) is 90.8 Å². The first-order valence-corrected chi connectivity index (χ1v) is 13.7. The van der Waals surface area contributed by atoms with Gasteiger partial charge in [0.05, 0.1) is 0 Å². The van der Waals surface area contributed by atoms with E-state index >= 15 is 0 Å². The molecule has 38 heavy (non-hydrogen) atoms. The molecule has 1 unspecified atom stereocenters. The van der Waals surface area contributed by atoms with E-state index in [1.165, 1.54) is 21.0 Å². The molecule has 4 N–H and O–H groups in total. The summed E-state index contributed by atoms with van der Waals surface area (Å²) in [6.45, 7) is 7.92. The predicted octanol–water partition coefficient (Wildman–Crippen LogP) is 2.79. The highest BCUT2D eigenvalue weighted by Crippen LogP contribution is 2.15. The Morgan fingerprint density at radius 3 is 2.61 bits per heavy atom. The van der Waals surface area contributed by atoms with E-state index in [4.69, 9.17) is 5.73 Å². The molecule has 9 heteroatoms. The fourth-order valence-electron chi connectivity index (χ4n) is 4.68. The summed E-state index contributed by atoms with van der Waals surface area (Å²) in [5, 5.41) is 4.10. The molecule has 0 saturated carbocycles. The van der Waals surface area contributed by atoms with Crippen LogP contribution in [0.2, 0.25) is 0 Å². The van der Waals surface area contributed by atoms with Crippen molar-refractivity contribution in [1.29, 1.82) is 0 Å².